The maximum Gasteiger partial charge on any atom is 0.229 e. The molecule has 0 aliphatic carbocycles. The number of nitrogens with two attached hydrogens (primary N) is 1. The van der Waals surface area contributed by atoms with Crippen LogP contribution in [0.5, 0.6) is 0 Å². The highest BCUT2D eigenvalue weighted by atomic mass is 16.5. The van der Waals surface area contributed by atoms with Crippen LogP contribution in [0.2, 0.25) is 0 Å². The van der Waals surface area contributed by atoms with Crippen molar-refractivity contribution in [3.8, 4) is 0 Å². The third-order valence-electron chi connectivity index (χ3n) is 4.19. The SMILES string of the molecule is CN(CCCNC(=O)C1(C)COCC1N)c1ccccc1. The van der Waals surface area contributed by atoms with Gasteiger partial charge in [0.25, 0.3) is 0 Å². The van der Waals surface area contributed by atoms with Crippen LogP contribution < -0.4 is 16.0 Å². The highest BCUT2D eigenvalue weighted by Gasteiger charge is 2.44. The van der Waals surface area contributed by atoms with Gasteiger partial charge < -0.3 is 20.7 Å². The fourth-order valence-corrected chi connectivity index (χ4v) is 2.45. The normalized spacial score (nSPS) is 24.8. The van der Waals surface area contributed by atoms with E-state index in [2.05, 4.69) is 29.4 Å². The molecule has 0 bridgehead atoms. The van der Waals surface area contributed by atoms with E-state index >= 15 is 0 Å². The third-order valence-corrected chi connectivity index (χ3v) is 4.19. The van der Waals surface area contributed by atoms with Gasteiger partial charge in [0.15, 0.2) is 0 Å². The molecule has 0 saturated carbocycles. The molecule has 1 aliphatic heterocycles. The molecule has 0 aromatic heterocycles. The number of amides is 1. The standard InChI is InChI=1S/C16H25N3O2/c1-16(12-21-11-14(16)17)15(20)18-9-6-10-19(2)13-7-4-3-5-8-13/h3-5,7-8,14H,6,9-12,17H2,1-2H3,(H,18,20). The summed E-state index contributed by atoms with van der Waals surface area (Å²) in [4.78, 5) is 14.4. The summed E-state index contributed by atoms with van der Waals surface area (Å²) in [5, 5.41) is 2.98. The Balaban J connectivity index is 1.71. The molecule has 2 atom stereocenters. The van der Waals surface area contributed by atoms with Crippen molar-refractivity contribution in [2.24, 2.45) is 11.1 Å². The van der Waals surface area contributed by atoms with E-state index in [1.165, 1.54) is 5.69 Å². The third kappa shape index (κ3) is 3.74. The number of benzene rings is 1. The minimum Gasteiger partial charge on any atom is -0.379 e. The van der Waals surface area contributed by atoms with Crippen molar-refractivity contribution < 1.29 is 9.53 Å². The van der Waals surface area contributed by atoms with Crippen LogP contribution in [0.3, 0.4) is 0 Å². The van der Waals surface area contributed by atoms with E-state index in [-0.39, 0.29) is 11.9 Å². The maximum atomic E-state index is 12.2. The lowest BCUT2D eigenvalue weighted by Crippen LogP contribution is -2.50. The second-order valence-electron chi connectivity index (χ2n) is 5.91. The van der Waals surface area contributed by atoms with E-state index in [1.54, 1.807) is 0 Å². The molecule has 5 nitrogen and oxygen atoms in total. The van der Waals surface area contributed by atoms with E-state index in [9.17, 15) is 4.79 Å². The van der Waals surface area contributed by atoms with E-state index in [0.717, 1.165) is 13.0 Å². The molecular weight excluding hydrogens is 266 g/mol. The number of nitrogens with one attached hydrogen (secondary N) is 1. The zero-order chi connectivity index (χ0) is 15.3. The molecule has 1 aromatic rings. The minimum absolute atomic E-state index is 0.00476. The molecule has 1 saturated heterocycles. The number of hydrogen-bond acceptors (Lipinski definition) is 4. The Morgan fingerprint density at radius 1 is 1.48 bits per heavy atom. The Labute approximate surface area is 126 Å². The van der Waals surface area contributed by atoms with Gasteiger partial charge in [-0.15, -0.1) is 0 Å². The molecule has 2 unspecified atom stereocenters. The average molecular weight is 291 g/mol. The molecule has 0 radical (unpaired) electrons. The predicted molar refractivity (Wildman–Crippen MR) is 84.2 cm³/mol. The van der Waals surface area contributed by atoms with Gasteiger partial charge >= 0.3 is 0 Å². The number of anilines is 1. The van der Waals surface area contributed by atoms with E-state index in [4.69, 9.17) is 10.5 Å². The van der Waals surface area contributed by atoms with Gasteiger partial charge in [-0.3, -0.25) is 4.79 Å². The van der Waals surface area contributed by atoms with Crippen molar-refractivity contribution >= 4 is 11.6 Å². The molecule has 1 fully saturated rings. The topological polar surface area (TPSA) is 67.6 Å². The minimum atomic E-state index is -0.592. The van der Waals surface area contributed by atoms with Crippen molar-refractivity contribution in [1.29, 1.82) is 0 Å². The van der Waals surface area contributed by atoms with Crippen LogP contribution in [-0.2, 0) is 9.53 Å². The largest absolute Gasteiger partial charge is 0.379 e. The molecule has 3 N–H and O–H groups in total. The Kier molecular flexibility index (Phi) is 5.20. The molecule has 21 heavy (non-hydrogen) atoms. The number of rotatable bonds is 6. The zero-order valence-electron chi connectivity index (χ0n) is 12.8. The van der Waals surface area contributed by atoms with Crippen LogP contribution in [0.4, 0.5) is 5.69 Å². The summed E-state index contributed by atoms with van der Waals surface area (Å²) in [6, 6.07) is 9.99. The van der Waals surface area contributed by atoms with Gasteiger partial charge in [-0.1, -0.05) is 18.2 Å². The van der Waals surface area contributed by atoms with E-state index in [1.807, 2.05) is 25.1 Å². The fraction of sp³-hybridized carbons (Fsp3) is 0.562. The second kappa shape index (κ2) is 6.91. The average Bonchev–Trinajstić information content (AvgIpc) is 2.85. The van der Waals surface area contributed by atoms with Gasteiger partial charge in [0, 0.05) is 31.9 Å². The second-order valence-corrected chi connectivity index (χ2v) is 5.91. The van der Waals surface area contributed by atoms with Crippen LogP contribution in [0.15, 0.2) is 30.3 Å². The number of hydrogen-bond donors (Lipinski definition) is 2. The number of ether oxygens (including phenoxy) is 1. The van der Waals surface area contributed by atoms with Crippen LogP contribution in [-0.4, -0.2) is 45.3 Å². The molecule has 1 aromatic carbocycles. The van der Waals surface area contributed by atoms with Crippen LogP contribution in [0.25, 0.3) is 0 Å². The summed E-state index contributed by atoms with van der Waals surface area (Å²) in [6.07, 6.45) is 0.892. The lowest BCUT2D eigenvalue weighted by Gasteiger charge is -2.26. The van der Waals surface area contributed by atoms with Gasteiger partial charge in [0.2, 0.25) is 5.91 Å². The molecule has 116 valence electrons. The molecule has 1 heterocycles. The molecule has 1 amide bonds. The number of carbonyl (C=O) groups is 1. The van der Waals surface area contributed by atoms with Crippen molar-refractivity contribution in [3.63, 3.8) is 0 Å². The molecule has 1 aliphatic rings. The van der Waals surface area contributed by atoms with Crippen molar-refractivity contribution in [1.82, 2.24) is 5.32 Å². The molecule has 0 spiro atoms. The summed E-state index contributed by atoms with van der Waals surface area (Å²) >= 11 is 0. The van der Waals surface area contributed by atoms with Gasteiger partial charge in [-0.05, 0) is 25.5 Å². The fourth-order valence-electron chi connectivity index (χ4n) is 2.45. The first kappa shape index (κ1) is 15.8. The summed E-state index contributed by atoms with van der Waals surface area (Å²) in [5.41, 5.74) is 6.54. The van der Waals surface area contributed by atoms with Gasteiger partial charge in [0.05, 0.1) is 18.6 Å². The maximum absolute atomic E-state index is 12.2. The lowest BCUT2D eigenvalue weighted by atomic mass is 9.85. The Hall–Kier alpha value is -1.59. The van der Waals surface area contributed by atoms with Crippen molar-refractivity contribution in [2.45, 2.75) is 19.4 Å². The lowest BCUT2D eigenvalue weighted by molar-refractivity contribution is -0.130. The smallest absolute Gasteiger partial charge is 0.229 e. The molecule has 2 rings (SSSR count). The number of nitrogens with zero attached hydrogens (tertiary/aromatic N) is 1. The molecule has 5 heteroatoms. The van der Waals surface area contributed by atoms with Gasteiger partial charge in [0.1, 0.15) is 0 Å². The summed E-state index contributed by atoms with van der Waals surface area (Å²) in [5.74, 6) is -0.00476. The first-order chi connectivity index (χ1) is 10.0. The highest BCUT2D eigenvalue weighted by Crippen LogP contribution is 2.26. The van der Waals surface area contributed by atoms with Gasteiger partial charge in [-0.25, -0.2) is 0 Å². The Morgan fingerprint density at radius 3 is 2.81 bits per heavy atom. The van der Waals surface area contributed by atoms with E-state index < -0.39 is 5.41 Å². The predicted octanol–water partition coefficient (Wildman–Crippen LogP) is 0.993. The quantitative estimate of drug-likeness (QED) is 0.767. The summed E-state index contributed by atoms with van der Waals surface area (Å²) in [6.45, 7) is 4.28. The van der Waals surface area contributed by atoms with Crippen LogP contribution in [0, 0.1) is 5.41 Å². The van der Waals surface area contributed by atoms with Crippen molar-refractivity contribution in [3.05, 3.63) is 30.3 Å². The zero-order valence-corrected chi connectivity index (χ0v) is 12.8. The highest BCUT2D eigenvalue weighted by molar-refractivity contribution is 5.83. The van der Waals surface area contributed by atoms with Crippen molar-refractivity contribution in [2.75, 3.05) is 38.3 Å². The van der Waals surface area contributed by atoms with Gasteiger partial charge in [-0.2, -0.15) is 0 Å². The first-order valence-electron chi connectivity index (χ1n) is 7.42. The number of carbonyl (C=O) groups excluding carboxylic acids is 1. The monoisotopic (exact) mass is 291 g/mol. The van der Waals surface area contributed by atoms with Crippen LogP contribution in [0.1, 0.15) is 13.3 Å². The Morgan fingerprint density at radius 2 is 2.19 bits per heavy atom. The molecular formula is C16H25N3O2. The summed E-state index contributed by atoms with van der Waals surface area (Å²) in [7, 11) is 2.05. The Bertz CT molecular complexity index is 466. The first-order valence-corrected chi connectivity index (χ1v) is 7.42. The van der Waals surface area contributed by atoms with Crippen LogP contribution >= 0.6 is 0 Å². The summed E-state index contributed by atoms with van der Waals surface area (Å²) < 4.78 is 5.30. The van der Waals surface area contributed by atoms with E-state index in [0.29, 0.717) is 19.8 Å². The number of para-hydroxylation sites is 1.